The minimum atomic E-state index is 0.228. The predicted molar refractivity (Wildman–Crippen MR) is 48.6 cm³/mol. The van der Waals surface area contributed by atoms with E-state index in [-0.39, 0.29) is 5.57 Å². The van der Waals surface area contributed by atoms with Crippen molar-refractivity contribution >= 4 is 29.3 Å². The van der Waals surface area contributed by atoms with Crippen molar-refractivity contribution in [1.29, 1.82) is 5.41 Å². The van der Waals surface area contributed by atoms with E-state index in [1.165, 1.54) is 0 Å². The molecule has 0 bridgehead atoms. The molecular formula is C9H6ClNO. The SMILES string of the molecule is N=C=C(C=O)c1ccc(Cl)cc1. The van der Waals surface area contributed by atoms with Crippen molar-refractivity contribution in [2.45, 2.75) is 0 Å². The van der Waals surface area contributed by atoms with E-state index < -0.39 is 0 Å². The maximum atomic E-state index is 10.4. The zero-order chi connectivity index (χ0) is 8.97. The fourth-order valence-electron chi connectivity index (χ4n) is 0.799. The van der Waals surface area contributed by atoms with Gasteiger partial charge in [0, 0.05) is 5.02 Å². The van der Waals surface area contributed by atoms with Crippen LogP contribution >= 0.6 is 11.6 Å². The van der Waals surface area contributed by atoms with Crippen molar-refractivity contribution in [1.82, 2.24) is 0 Å². The lowest BCUT2D eigenvalue weighted by atomic mass is 10.1. The molecule has 1 aromatic carbocycles. The van der Waals surface area contributed by atoms with E-state index in [4.69, 9.17) is 17.0 Å². The van der Waals surface area contributed by atoms with Gasteiger partial charge in [-0.3, -0.25) is 10.2 Å². The van der Waals surface area contributed by atoms with Gasteiger partial charge in [-0.05, 0) is 23.6 Å². The van der Waals surface area contributed by atoms with Crippen LogP contribution < -0.4 is 0 Å². The lowest BCUT2D eigenvalue weighted by Crippen LogP contribution is -1.84. The van der Waals surface area contributed by atoms with Gasteiger partial charge in [0.25, 0.3) is 0 Å². The van der Waals surface area contributed by atoms with Crippen LogP contribution in [0.3, 0.4) is 0 Å². The molecule has 0 aromatic heterocycles. The molecule has 0 spiro atoms. The third-order valence-corrected chi connectivity index (χ3v) is 1.66. The van der Waals surface area contributed by atoms with Gasteiger partial charge in [0.05, 0.1) is 5.57 Å². The molecule has 0 atom stereocenters. The molecule has 0 amide bonds. The summed E-state index contributed by atoms with van der Waals surface area (Å²) in [5, 5.41) is 7.41. The molecule has 0 saturated carbocycles. The first kappa shape index (κ1) is 8.72. The van der Waals surface area contributed by atoms with E-state index in [2.05, 4.69) is 0 Å². The first-order chi connectivity index (χ1) is 5.77. The molecule has 3 heteroatoms. The molecule has 2 nitrogen and oxygen atoms in total. The summed E-state index contributed by atoms with van der Waals surface area (Å²) in [6.45, 7) is 0. The van der Waals surface area contributed by atoms with Crippen molar-refractivity contribution < 1.29 is 4.79 Å². The molecule has 12 heavy (non-hydrogen) atoms. The minimum Gasteiger partial charge on any atom is -0.297 e. The maximum Gasteiger partial charge on any atom is 0.159 e. The Kier molecular flexibility index (Phi) is 2.81. The number of hydrogen-bond donors (Lipinski definition) is 1. The quantitative estimate of drug-likeness (QED) is 0.422. The van der Waals surface area contributed by atoms with Crippen molar-refractivity contribution in [3.8, 4) is 0 Å². The molecule has 0 unspecified atom stereocenters. The van der Waals surface area contributed by atoms with Gasteiger partial charge < -0.3 is 0 Å². The summed E-state index contributed by atoms with van der Waals surface area (Å²) >= 11 is 5.64. The van der Waals surface area contributed by atoms with E-state index in [0.29, 0.717) is 16.9 Å². The van der Waals surface area contributed by atoms with Crippen molar-refractivity contribution in [2.24, 2.45) is 0 Å². The standard InChI is InChI=1S/C9H6ClNO/c10-9-3-1-7(2-4-9)8(5-11)6-12/h1-4,6,11H. The second kappa shape index (κ2) is 3.86. The van der Waals surface area contributed by atoms with Crippen molar-refractivity contribution in [3.63, 3.8) is 0 Å². The monoisotopic (exact) mass is 179 g/mol. The minimum absolute atomic E-state index is 0.228. The second-order valence-corrected chi connectivity index (χ2v) is 2.60. The third-order valence-electron chi connectivity index (χ3n) is 1.41. The molecule has 0 saturated heterocycles. The van der Waals surface area contributed by atoms with Gasteiger partial charge in [-0.15, -0.1) is 0 Å². The molecule has 0 heterocycles. The van der Waals surface area contributed by atoms with Crippen LogP contribution in [0.4, 0.5) is 0 Å². The summed E-state index contributed by atoms with van der Waals surface area (Å²) in [7, 11) is 0. The molecular weight excluding hydrogens is 174 g/mol. The van der Waals surface area contributed by atoms with E-state index in [0.717, 1.165) is 0 Å². The van der Waals surface area contributed by atoms with Crippen molar-refractivity contribution in [3.05, 3.63) is 34.9 Å². The predicted octanol–water partition coefficient (Wildman–Crippen LogP) is 2.17. The number of halogens is 1. The number of allylic oxidation sites excluding steroid dienone is 1. The Balaban J connectivity index is 3.12. The highest BCUT2D eigenvalue weighted by molar-refractivity contribution is 6.30. The van der Waals surface area contributed by atoms with Crippen LogP contribution in [-0.2, 0) is 4.79 Å². The van der Waals surface area contributed by atoms with E-state index in [9.17, 15) is 4.79 Å². The maximum absolute atomic E-state index is 10.4. The number of hydrogen-bond acceptors (Lipinski definition) is 2. The number of aldehydes is 1. The van der Waals surface area contributed by atoms with Crippen molar-refractivity contribution in [2.75, 3.05) is 0 Å². The van der Waals surface area contributed by atoms with Crippen LogP contribution in [-0.4, -0.2) is 12.2 Å². The molecule has 0 aliphatic carbocycles. The van der Waals surface area contributed by atoms with E-state index in [1.54, 1.807) is 24.3 Å². The summed E-state index contributed by atoms with van der Waals surface area (Å²) in [5.41, 5.74) is 0.885. The summed E-state index contributed by atoms with van der Waals surface area (Å²) in [5.74, 6) is 2.04. The number of rotatable bonds is 2. The molecule has 1 rings (SSSR count). The van der Waals surface area contributed by atoms with Gasteiger partial charge in [0.2, 0.25) is 0 Å². The summed E-state index contributed by atoms with van der Waals surface area (Å²) in [6, 6.07) is 6.68. The Morgan fingerprint density at radius 3 is 2.42 bits per heavy atom. The smallest absolute Gasteiger partial charge is 0.159 e. The van der Waals surface area contributed by atoms with Crippen LogP contribution in [0, 0.1) is 5.41 Å². The van der Waals surface area contributed by atoms with Gasteiger partial charge in [-0.2, -0.15) is 0 Å². The number of carbonyl (C=O) groups is 1. The van der Waals surface area contributed by atoms with Gasteiger partial charge in [0.15, 0.2) is 6.29 Å². The Morgan fingerprint density at radius 1 is 1.42 bits per heavy atom. The number of benzene rings is 1. The zero-order valence-corrected chi connectivity index (χ0v) is 6.93. The lowest BCUT2D eigenvalue weighted by Gasteiger charge is -1.95. The van der Waals surface area contributed by atoms with Gasteiger partial charge in [-0.25, -0.2) is 0 Å². The Hall–Kier alpha value is -1.37. The second-order valence-electron chi connectivity index (χ2n) is 2.16. The van der Waals surface area contributed by atoms with Crippen LogP contribution in [0.5, 0.6) is 0 Å². The van der Waals surface area contributed by atoms with Gasteiger partial charge in [-0.1, -0.05) is 23.7 Å². The average molecular weight is 180 g/mol. The highest BCUT2D eigenvalue weighted by Gasteiger charge is 1.98. The normalized spacial score (nSPS) is 8.75. The van der Waals surface area contributed by atoms with E-state index in [1.807, 2.05) is 5.87 Å². The van der Waals surface area contributed by atoms with Crippen LogP contribution in [0.15, 0.2) is 24.3 Å². The third kappa shape index (κ3) is 1.82. The molecule has 0 radical (unpaired) electrons. The Morgan fingerprint density at radius 2 is 2.00 bits per heavy atom. The molecule has 1 aromatic rings. The van der Waals surface area contributed by atoms with Gasteiger partial charge in [0.1, 0.15) is 0 Å². The summed E-state index contributed by atoms with van der Waals surface area (Å²) in [6.07, 6.45) is 0.593. The first-order valence-electron chi connectivity index (χ1n) is 3.28. The summed E-state index contributed by atoms with van der Waals surface area (Å²) < 4.78 is 0. The fraction of sp³-hybridized carbons (Fsp3) is 0. The topological polar surface area (TPSA) is 40.9 Å². The number of carbonyl (C=O) groups excluding carboxylic acids is 1. The lowest BCUT2D eigenvalue weighted by molar-refractivity contribution is -0.103. The molecule has 0 fully saturated rings. The first-order valence-corrected chi connectivity index (χ1v) is 3.66. The molecule has 60 valence electrons. The fourth-order valence-corrected chi connectivity index (χ4v) is 0.925. The number of nitrogens with one attached hydrogen (secondary N) is 1. The van der Waals surface area contributed by atoms with Crippen LogP contribution in [0.2, 0.25) is 5.02 Å². The summed E-state index contributed by atoms with van der Waals surface area (Å²) in [4.78, 5) is 10.4. The Labute approximate surface area is 75.0 Å². The average Bonchev–Trinajstić information content (AvgIpc) is 2.10. The van der Waals surface area contributed by atoms with Crippen LogP contribution in [0.25, 0.3) is 5.57 Å². The zero-order valence-electron chi connectivity index (χ0n) is 6.17. The molecule has 0 aliphatic rings. The molecule has 1 N–H and O–H groups in total. The highest BCUT2D eigenvalue weighted by atomic mass is 35.5. The Bertz CT molecular complexity index is 336. The molecule has 0 aliphatic heterocycles. The largest absolute Gasteiger partial charge is 0.297 e. The van der Waals surface area contributed by atoms with Gasteiger partial charge >= 0.3 is 0 Å². The highest BCUT2D eigenvalue weighted by Crippen LogP contribution is 2.13. The van der Waals surface area contributed by atoms with Crippen LogP contribution in [0.1, 0.15) is 5.56 Å². The van der Waals surface area contributed by atoms with E-state index >= 15 is 0 Å².